The maximum Gasteiger partial charge on any atom is 0.0946 e. The Morgan fingerprint density at radius 1 is 0.741 bits per heavy atom. The van der Waals surface area contributed by atoms with E-state index in [1.165, 1.54) is 43.6 Å². The van der Waals surface area contributed by atoms with Crippen LogP contribution in [-0.2, 0) is 13.1 Å². The molecule has 0 aliphatic heterocycles. The normalized spacial score (nSPS) is 12.0. The highest BCUT2D eigenvalue weighted by molar-refractivity contribution is 6.17. The molecule has 0 bridgehead atoms. The smallest absolute Gasteiger partial charge is 0.0946 e. The summed E-state index contributed by atoms with van der Waals surface area (Å²) in [6.07, 6.45) is 5.73. The maximum absolute atomic E-state index is 4.16. The summed E-state index contributed by atoms with van der Waals surface area (Å²) < 4.78 is 4.57. The highest BCUT2D eigenvalue weighted by atomic mass is 15.1. The second-order valence-electron chi connectivity index (χ2n) is 7.05. The zero-order chi connectivity index (χ0) is 17.8. The molecule has 0 aliphatic carbocycles. The minimum Gasteiger partial charge on any atom is -0.354 e. The first-order valence-corrected chi connectivity index (χ1v) is 9.26. The molecule has 3 heterocycles. The van der Waals surface area contributed by atoms with Crippen LogP contribution in [0.15, 0.2) is 79.4 Å². The number of rotatable bonds is 3. The van der Waals surface area contributed by atoms with E-state index in [1.54, 1.807) is 0 Å². The molecule has 0 unspecified atom stereocenters. The molecule has 6 aromatic rings. The molecule has 3 aromatic heterocycles. The second kappa shape index (κ2) is 5.48. The van der Waals surface area contributed by atoms with Crippen molar-refractivity contribution < 1.29 is 0 Å². The van der Waals surface area contributed by atoms with E-state index in [2.05, 4.69) is 79.8 Å². The Balaban J connectivity index is 1.65. The lowest BCUT2D eigenvalue weighted by molar-refractivity contribution is 0.602. The minimum absolute atomic E-state index is 0.902. The molecular weight excluding hydrogens is 332 g/mol. The summed E-state index contributed by atoms with van der Waals surface area (Å²) in [5.41, 5.74) is 4.95. The van der Waals surface area contributed by atoms with Crippen molar-refractivity contribution in [2.24, 2.45) is 0 Å². The van der Waals surface area contributed by atoms with E-state index in [1.807, 2.05) is 18.7 Å². The standard InChI is InChI=1S/C23H18N4/c1-3-7-20-16(5-1)18-14-23-19(13-21(18)25-20)17-6-2-4-8-22(17)27(23)12-11-26-10-9-24-15-26/h1-10,13-15,25H,11-12H2. The van der Waals surface area contributed by atoms with Gasteiger partial charge in [-0.05, 0) is 24.3 Å². The van der Waals surface area contributed by atoms with Crippen LogP contribution in [0.2, 0.25) is 0 Å². The van der Waals surface area contributed by atoms with E-state index in [0.717, 1.165) is 13.1 Å². The number of aromatic amines is 1. The van der Waals surface area contributed by atoms with Crippen LogP contribution in [0.1, 0.15) is 0 Å². The number of aryl methyl sites for hydroxylation is 2. The largest absolute Gasteiger partial charge is 0.354 e. The van der Waals surface area contributed by atoms with Crippen molar-refractivity contribution in [3.63, 3.8) is 0 Å². The van der Waals surface area contributed by atoms with E-state index in [4.69, 9.17) is 0 Å². The highest BCUT2D eigenvalue weighted by Crippen LogP contribution is 2.35. The Kier molecular flexibility index (Phi) is 2.97. The summed E-state index contributed by atoms with van der Waals surface area (Å²) in [5.74, 6) is 0. The van der Waals surface area contributed by atoms with Crippen LogP contribution in [0.3, 0.4) is 0 Å². The van der Waals surface area contributed by atoms with E-state index in [-0.39, 0.29) is 0 Å². The summed E-state index contributed by atoms with van der Waals surface area (Å²) >= 11 is 0. The monoisotopic (exact) mass is 350 g/mol. The van der Waals surface area contributed by atoms with Gasteiger partial charge in [0.1, 0.15) is 0 Å². The van der Waals surface area contributed by atoms with Gasteiger partial charge in [0.05, 0.1) is 6.33 Å². The summed E-state index contributed by atoms with van der Waals surface area (Å²) in [6.45, 7) is 1.81. The summed E-state index contributed by atoms with van der Waals surface area (Å²) in [4.78, 5) is 7.74. The van der Waals surface area contributed by atoms with E-state index in [9.17, 15) is 0 Å². The van der Waals surface area contributed by atoms with Crippen molar-refractivity contribution in [2.75, 3.05) is 0 Å². The number of fused-ring (bicyclic) bond motifs is 6. The summed E-state index contributed by atoms with van der Waals surface area (Å²) in [7, 11) is 0. The number of para-hydroxylation sites is 2. The minimum atomic E-state index is 0.902. The van der Waals surface area contributed by atoms with Crippen molar-refractivity contribution >= 4 is 43.6 Å². The van der Waals surface area contributed by atoms with Crippen LogP contribution in [0.25, 0.3) is 43.6 Å². The number of aromatic nitrogens is 4. The molecule has 27 heavy (non-hydrogen) atoms. The van der Waals surface area contributed by atoms with Gasteiger partial charge in [-0.1, -0.05) is 36.4 Å². The van der Waals surface area contributed by atoms with Gasteiger partial charge in [-0.25, -0.2) is 4.98 Å². The molecule has 0 fully saturated rings. The second-order valence-corrected chi connectivity index (χ2v) is 7.05. The van der Waals surface area contributed by atoms with Gasteiger partial charge in [0.25, 0.3) is 0 Å². The van der Waals surface area contributed by atoms with Crippen LogP contribution in [0, 0.1) is 0 Å². The first kappa shape index (κ1) is 14.6. The maximum atomic E-state index is 4.16. The number of nitrogens with one attached hydrogen (secondary N) is 1. The summed E-state index contributed by atoms with van der Waals surface area (Å²) in [5, 5.41) is 5.17. The topological polar surface area (TPSA) is 38.5 Å². The SMILES string of the molecule is c1ccc2c(c1)[nH]c1cc3c4ccccc4n(CCn4ccnc4)c3cc12. The van der Waals surface area contributed by atoms with Crippen molar-refractivity contribution in [3.8, 4) is 0 Å². The third-order valence-corrected chi connectivity index (χ3v) is 5.54. The molecule has 1 N–H and O–H groups in total. The molecular formula is C23H18N4. The average Bonchev–Trinajstić information content (AvgIpc) is 3.41. The molecule has 0 saturated carbocycles. The average molecular weight is 350 g/mol. The lowest BCUT2D eigenvalue weighted by Gasteiger charge is -2.08. The Labute approximate surface area is 155 Å². The Hall–Kier alpha value is -3.53. The lowest BCUT2D eigenvalue weighted by atomic mass is 10.1. The predicted molar refractivity (Wildman–Crippen MR) is 111 cm³/mol. The van der Waals surface area contributed by atoms with E-state index >= 15 is 0 Å². The van der Waals surface area contributed by atoms with Crippen molar-refractivity contribution in [2.45, 2.75) is 13.1 Å². The summed E-state index contributed by atoms with van der Waals surface area (Å²) in [6, 6.07) is 21.9. The molecule has 0 atom stereocenters. The Morgan fingerprint density at radius 2 is 1.59 bits per heavy atom. The van der Waals surface area contributed by atoms with E-state index in [0.29, 0.717) is 0 Å². The van der Waals surface area contributed by atoms with Gasteiger partial charge in [-0.3, -0.25) is 0 Å². The Bertz CT molecular complexity index is 1420. The van der Waals surface area contributed by atoms with Crippen LogP contribution < -0.4 is 0 Å². The zero-order valence-corrected chi connectivity index (χ0v) is 14.8. The molecule has 130 valence electrons. The van der Waals surface area contributed by atoms with Crippen molar-refractivity contribution in [1.82, 2.24) is 19.1 Å². The molecule has 0 saturated heterocycles. The third-order valence-electron chi connectivity index (χ3n) is 5.54. The van der Waals surface area contributed by atoms with Gasteiger partial charge in [0.2, 0.25) is 0 Å². The Morgan fingerprint density at radius 3 is 2.48 bits per heavy atom. The molecule has 0 amide bonds. The van der Waals surface area contributed by atoms with Crippen LogP contribution in [0.4, 0.5) is 0 Å². The van der Waals surface area contributed by atoms with E-state index < -0.39 is 0 Å². The molecule has 0 spiro atoms. The number of imidazole rings is 1. The molecule has 4 heteroatoms. The first-order valence-electron chi connectivity index (χ1n) is 9.26. The molecule has 3 aromatic carbocycles. The van der Waals surface area contributed by atoms with Gasteiger partial charge < -0.3 is 14.1 Å². The number of hydrogen-bond acceptors (Lipinski definition) is 1. The molecule has 6 rings (SSSR count). The molecule has 0 aliphatic rings. The number of nitrogens with zero attached hydrogens (tertiary/aromatic N) is 3. The number of hydrogen-bond donors (Lipinski definition) is 1. The fourth-order valence-corrected chi connectivity index (χ4v) is 4.27. The van der Waals surface area contributed by atoms with Crippen molar-refractivity contribution in [3.05, 3.63) is 79.4 Å². The predicted octanol–water partition coefficient (Wildman–Crippen LogP) is 5.33. The van der Waals surface area contributed by atoms with Gasteiger partial charge in [-0.15, -0.1) is 0 Å². The molecule has 0 radical (unpaired) electrons. The molecule has 4 nitrogen and oxygen atoms in total. The third kappa shape index (κ3) is 2.13. The first-order chi connectivity index (χ1) is 13.4. The van der Waals surface area contributed by atoms with Gasteiger partial charge in [0.15, 0.2) is 0 Å². The van der Waals surface area contributed by atoms with Gasteiger partial charge in [0, 0.05) is 69.1 Å². The highest BCUT2D eigenvalue weighted by Gasteiger charge is 2.13. The van der Waals surface area contributed by atoms with Crippen molar-refractivity contribution in [1.29, 1.82) is 0 Å². The van der Waals surface area contributed by atoms with Crippen LogP contribution in [-0.4, -0.2) is 19.1 Å². The van der Waals surface area contributed by atoms with Crippen LogP contribution >= 0.6 is 0 Å². The lowest BCUT2D eigenvalue weighted by Crippen LogP contribution is -2.05. The number of H-pyrrole nitrogens is 1. The number of benzene rings is 3. The van der Waals surface area contributed by atoms with Crippen LogP contribution in [0.5, 0.6) is 0 Å². The zero-order valence-electron chi connectivity index (χ0n) is 14.8. The fourth-order valence-electron chi connectivity index (χ4n) is 4.27. The fraction of sp³-hybridized carbons (Fsp3) is 0.0870. The van der Waals surface area contributed by atoms with Gasteiger partial charge in [-0.2, -0.15) is 0 Å². The quantitative estimate of drug-likeness (QED) is 0.460. The van der Waals surface area contributed by atoms with Gasteiger partial charge >= 0.3 is 0 Å².